The third-order valence-corrected chi connectivity index (χ3v) is 4.81. The Kier molecular flexibility index (Phi) is 2.50. The van der Waals surface area contributed by atoms with Gasteiger partial charge in [0.1, 0.15) is 0 Å². The molecule has 0 aliphatic carbocycles. The summed E-state index contributed by atoms with van der Waals surface area (Å²) in [4.78, 5) is 0. The zero-order chi connectivity index (χ0) is 9.41. The third kappa shape index (κ3) is 1.98. The van der Waals surface area contributed by atoms with Crippen molar-refractivity contribution in [3.05, 3.63) is 0 Å². The third-order valence-electron chi connectivity index (χ3n) is 2.29. The molecular weight excluding hydrogens is 174 g/mol. The van der Waals surface area contributed by atoms with Crippen LogP contribution in [0.4, 0.5) is 0 Å². The van der Waals surface area contributed by atoms with E-state index in [2.05, 4.69) is 5.32 Å². The first-order valence-electron chi connectivity index (χ1n) is 4.26. The second-order valence-corrected chi connectivity index (χ2v) is 6.73. The summed E-state index contributed by atoms with van der Waals surface area (Å²) in [5.41, 5.74) is -0.147. The fourth-order valence-corrected chi connectivity index (χ4v) is 3.72. The van der Waals surface area contributed by atoms with Crippen LogP contribution < -0.4 is 5.32 Å². The van der Waals surface area contributed by atoms with E-state index < -0.39 is 9.84 Å². The average Bonchev–Trinajstić information content (AvgIpc) is 1.83. The van der Waals surface area contributed by atoms with Crippen LogP contribution in [0.2, 0.25) is 0 Å². The summed E-state index contributed by atoms with van der Waals surface area (Å²) in [6.07, 6.45) is 0. The molecule has 1 N–H and O–H groups in total. The van der Waals surface area contributed by atoms with Gasteiger partial charge in [0, 0.05) is 13.1 Å². The molecule has 0 aromatic carbocycles. The lowest BCUT2D eigenvalue weighted by atomic mass is 9.91. The summed E-state index contributed by atoms with van der Waals surface area (Å²) in [5, 5.41) is 2.89. The van der Waals surface area contributed by atoms with Gasteiger partial charge in [-0.25, -0.2) is 8.42 Å². The van der Waals surface area contributed by atoms with E-state index in [1.54, 1.807) is 0 Å². The maximum absolute atomic E-state index is 11.6. The SMILES string of the molecule is CC(C)(C)C1CNCCS1(=O)=O. The Balaban J connectivity index is 2.89. The molecule has 1 saturated heterocycles. The number of rotatable bonds is 0. The highest BCUT2D eigenvalue weighted by molar-refractivity contribution is 7.92. The van der Waals surface area contributed by atoms with Crippen molar-refractivity contribution in [3.8, 4) is 0 Å². The molecule has 0 saturated carbocycles. The van der Waals surface area contributed by atoms with Crippen LogP contribution in [0, 0.1) is 5.41 Å². The van der Waals surface area contributed by atoms with Gasteiger partial charge in [0.05, 0.1) is 11.0 Å². The molecule has 12 heavy (non-hydrogen) atoms. The van der Waals surface area contributed by atoms with Crippen molar-refractivity contribution in [1.29, 1.82) is 0 Å². The first-order valence-corrected chi connectivity index (χ1v) is 5.98. The summed E-state index contributed by atoms with van der Waals surface area (Å²) < 4.78 is 23.2. The van der Waals surface area contributed by atoms with Gasteiger partial charge in [-0.05, 0) is 5.41 Å². The lowest BCUT2D eigenvalue weighted by Crippen LogP contribution is -2.50. The van der Waals surface area contributed by atoms with Gasteiger partial charge in [0.2, 0.25) is 0 Å². The molecule has 0 aromatic heterocycles. The Morgan fingerprint density at radius 2 is 1.92 bits per heavy atom. The minimum Gasteiger partial charge on any atom is -0.314 e. The second-order valence-electron chi connectivity index (χ2n) is 4.43. The standard InChI is InChI=1S/C8H17NO2S/c1-8(2,3)7-6-9-4-5-12(7,10)11/h7,9H,4-6H2,1-3H3. The normalized spacial score (nSPS) is 30.1. The zero-order valence-electron chi connectivity index (χ0n) is 7.92. The molecule has 0 bridgehead atoms. The van der Waals surface area contributed by atoms with Crippen molar-refractivity contribution in [3.63, 3.8) is 0 Å². The molecule has 1 atom stereocenters. The van der Waals surface area contributed by atoms with Gasteiger partial charge in [-0.15, -0.1) is 0 Å². The lowest BCUT2D eigenvalue weighted by molar-refractivity contribution is 0.357. The van der Waals surface area contributed by atoms with E-state index in [1.807, 2.05) is 20.8 Å². The highest BCUT2D eigenvalue weighted by Crippen LogP contribution is 2.26. The van der Waals surface area contributed by atoms with Crippen LogP contribution in [0.1, 0.15) is 20.8 Å². The van der Waals surface area contributed by atoms with E-state index >= 15 is 0 Å². The van der Waals surface area contributed by atoms with E-state index in [9.17, 15) is 8.42 Å². The molecular formula is C8H17NO2S. The van der Waals surface area contributed by atoms with Crippen LogP contribution in [0.15, 0.2) is 0 Å². The van der Waals surface area contributed by atoms with Crippen LogP contribution in [-0.2, 0) is 9.84 Å². The van der Waals surface area contributed by atoms with Crippen LogP contribution in [0.5, 0.6) is 0 Å². The molecule has 1 heterocycles. The predicted octanol–water partition coefficient (Wildman–Crippen LogP) is 0.419. The fraction of sp³-hybridized carbons (Fsp3) is 1.00. The maximum Gasteiger partial charge on any atom is 0.156 e. The van der Waals surface area contributed by atoms with E-state index in [0.717, 1.165) is 0 Å². The van der Waals surface area contributed by atoms with E-state index in [4.69, 9.17) is 0 Å². The topological polar surface area (TPSA) is 46.2 Å². The van der Waals surface area contributed by atoms with Crippen LogP contribution in [0.25, 0.3) is 0 Å². The summed E-state index contributed by atoms with van der Waals surface area (Å²) in [6, 6.07) is 0. The number of hydrogen-bond acceptors (Lipinski definition) is 3. The zero-order valence-corrected chi connectivity index (χ0v) is 8.74. The van der Waals surface area contributed by atoms with Crippen LogP contribution >= 0.6 is 0 Å². The number of hydrogen-bond donors (Lipinski definition) is 1. The van der Waals surface area contributed by atoms with E-state index in [-0.39, 0.29) is 16.4 Å². The minimum absolute atomic E-state index is 0.147. The lowest BCUT2D eigenvalue weighted by Gasteiger charge is -2.33. The van der Waals surface area contributed by atoms with Crippen LogP contribution in [0.3, 0.4) is 0 Å². The minimum atomic E-state index is -2.84. The largest absolute Gasteiger partial charge is 0.314 e. The second kappa shape index (κ2) is 3.00. The fourth-order valence-electron chi connectivity index (χ4n) is 1.56. The molecule has 72 valence electrons. The molecule has 0 radical (unpaired) electrons. The number of nitrogens with one attached hydrogen (secondary N) is 1. The van der Waals surface area contributed by atoms with Gasteiger partial charge in [0.25, 0.3) is 0 Å². The molecule has 0 aromatic rings. The first kappa shape index (κ1) is 9.99. The highest BCUT2D eigenvalue weighted by Gasteiger charge is 2.37. The van der Waals surface area contributed by atoms with Gasteiger partial charge in [-0.3, -0.25) is 0 Å². The molecule has 4 heteroatoms. The molecule has 1 unspecified atom stereocenters. The summed E-state index contributed by atoms with van der Waals surface area (Å²) in [5.74, 6) is 0.287. The Morgan fingerprint density at radius 3 is 2.25 bits per heavy atom. The van der Waals surface area contributed by atoms with Gasteiger partial charge >= 0.3 is 0 Å². The van der Waals surface area contributed by atoms with Crippen molar-refractivity contribution in [1.82, 2.24) is 5.32 Å². The molecule has 0 spiro atoms. The monoisotopic (exact) mass is 191 g/mol. The Morgan fingerprint density at radius 1 is 1.33 bits per heavy atom. The molecule has 1 fully saturated rings. The van der Waals surface area contributed by atoms with Crippen molar-refractivity contribution >= 4 is 9.84 Å². The van der Waals surface area contributed by atoms with Crippen molar-refractivity contribution in [2.24, 2.45) is 5.41 Å². The quantitative estimate of drug-likeness (QED) is 0.603. The van der Waals surface area contributed by atoms with Crippen molar-refractivity contribution < 1.29 is 8.42 Å². The van der Waals surface area contributed by atoms with Gasteiger partial charge < -0.3 is 5.32 Å². The highest BCUT2D eigenvalue weighted by atomic mass is 32.2. The molecule has 0 amide bonds. The van der Waals surface area contributed by atoms with Crippen molar-refractivity contribution in [2.75, 3.05) is 18.8 Å². The first-order chi connectivity index (χ1) is 5.34. The Labute approximate surface area is 74.5 Å². The molecule has 1 aliphatic heterocycles. The molecule has 3 nitrogen and oxygen atoms in total. The van der Waals surface area contributed by atoms with E-state index in [1.165, 1.54) is 0 Å². The smallest absolute Gasteiger partial charge is 0.156 e. The summed E-state index contributed by atoms with van der Waals surface area (Å²) in [6.45, 7) is 7.13. The summed E-state index contributed by atoms with van der Waals surface area (Å²) in [7, 11) is -2.84. The Bertz CT molecular complexity index is 251. The number of sulfone groups is 1. The van der Waals surface area contributed by atoms with Crippen molar-refractivity contribution in [2.45, 2.75) is 26.0 Å². The molecule has 1 rings (SSSR count). The van der Waals surface area contributed by atoms with Gasteiger partial charge in [-0.1, -0.05) is 20.8 Å². The Hall–Kier alpha value is -0.0900. The summed E-state index contributed by atoms with van der Waals surface area (Å²) >= 11 is 0. The van der Waals surface area contributed by atoms with E-state index in [0.29, 0.717) is 13.1 Å². The van der Waals surface area contributed by atoms with Gasteiger partial charge in [-0.2, -0.15) is 0 Å². The van der Waals surface area contributed by atoms with Crippen LogP contribution in [-0.4, -0.2) is 32.5 Å². The average molecular weight is 191 g/mol. The maximum atomic E-state index is 11.6. The predicted molar refractivity (Wildman–Crippen MR) is 49.9 cm³/mol. The molecule has 1 aliphatic rings. The van der Waals surface area contributed by atoms with Gasteiger partial charge in [0.15, 0.2) is 9.84 Å².